The van der Waals surface area contributed by atoms with Gasteiger partial charge in [0.15, 0.2) is 0 Å². The molecule has 1 aromatic rings. The van der Waals surface area contributed by atoms with Gasteiger partial charge in [0.25, 0.3) is 5.91 Å². The quantitative estimate of drug-likeness (QED) is 0.820. The average Bonchev–Trinajstić information content (AvgIpc) is 2.27. The minimum atomic E-state index is -1.24. The van der Waals surface area contributed by atoms with Gasteiger partial charge in [0.05, 0.1) is 6.61 Å². The second-order valence-electron chi connectivity index (χ2n) is 4.00. The van der Waals surface area contributed by atoms with Crippen molar-refractivity contribution in [2.45, 2.75) is 12.5 Å². The van der Waals surface area contributed by atoms with E-state index in [-0.39, 0.29) is 12.6 Å². The zero-order valence-electron chi connectivity index (χ0n) is 10.4. The van der Waals surface area contributed by atoms with Gasteiger partial charge in [-0.15, -0.1) is 0 Å². The number of nitrogens with two attached hydrogens (primary N) is 1. The van der Waals surface area contributed by atoms with Crippen molar-refractivity contribution in [3.63, 3.8) is 0 Å². The Kier molecular flexibility index (Phi) is 5.78. The third kappa shape index (κ3) is 4.53. The number of amides is 1. The smallest absolute Gasteiger partial charge is 0.257 e. The Morgan fingerprint density at radius 2 is 1.95 bits per heavy atom. The summed E-state index contributed by atoms with van der Waals surface area (Å²) in [5.74, 6) is -4.50. The van der Waals surface area contributed by atoms with Crippen molar-refractivity contribution in [3.8, 4) is 0 Å². The third-order valence-corrected chi connectivity index (χ3v) is 2.42. The Balaban J connectivity index is 2.59. The lowest BCUT2D eigenvalue weighted by molar-refractivity contribution is 0.0941. The van der Waals surface area contributed by atoms with E-state index in [1.165, 1.54) is 7.11 Å². The van der Waals surface area contributed by atoms with Crippen LogP contribution in [-0.2, 0) is 4.74 Å². The molecule has 7 heteroatoms. The van der Waals surface area contributed by atoms with E-state index in [4.69, 9.17) is 10.5 Å². The van der Waals surface area contributed by atoms with E-state index in [1.54, 1.807) is 0 Å². The number of hydrogen-bond acceptors (Lipinski definition) is 3. The van der Waals surface area contributed by atoms with Crippen LogP contribution in [0.2, 0.25) is 0 Å². The zero-order valence-corrected chi connectivity index (χ0v) is 10.4. The first kappa shape index (κ1) is 15.5. The van der Waals surface area contributed by atoms with Gasteiger partial charge in [0.1, 0.15) is 23.0 Å². The van der Waals surface area contributed by atoms with Gasteiger partial charge in [0, 0.05) is 31.8 Å². The summed E-state index contributed by atoms with van der Waals surface area (Å²) in [5, 5.41) is 2.31. The van der Waals surface area contributed by atoms with E-state index in [0.717, 1.165) is 0 Å². The van der Waals surface area contributed by atoms with Crippen LogP contribution in [0.5, 0.6) is 0 Å². The van der Waals surface area contributed by atoms with Gasteiger partial charge in [-0.3, -0.25) is 4.79 Å². The first-order valence-electron chi connectivity index (χ1n) is 5.63. The van der Waals surface area contributed by atoms with Crippen molar-refractivity contribution in [3.05, 3.63) is 35.1 Å². The third-order valence-electron chi connectivity index (χ3n) is 2.42. The Labute approximate surface area is 108 Å². The standard InChI is InChI=1S/C12H15F3N2O2/c1-19-6-8(16)2-3-17-12(18)11-9(14)4-7(13)5-10(11)15/h4-5,8H,2-3,6,16H2,1H3,(H,17,18). The van der Waals surface area contributed by atoms with Crippen LogP contribution >= 0.6 is 0 Å². The monoisotopic (exact) mass is 276 g/mol. The van der Waals surface area contributed by atoms with Gasteiger partial charge in [-0.2, -0.15) is 0 Å². The molecule has 0 aliphatic heterocycles. The molecule has 0 aromatic heterocycles. The molecule has 1 amide bonds. The molecule has 19 heavy (non-hydrogen) atoms. The second kappa shape index (κ2) is 7.10. The van der Waals surface area contributed by atoms with Crippen molar-refractivity contribution >= 4 is 5.91 Å². The first-order chi connectivity index (χ1) is 8.95. The molecule has 1 rings (SSSR count). The maximum Gasteiger partial charge on any atom is 0.257 e. The molecule has 4 nitrogen and oxygen atoms in total. The number of methoxy groups -OCH3 is 1. The second-order valence-corrected chi connectivity index (χ2v) is 4.00. The zero-order chi connectivity index (χ0) is 14.4. The molecule has 3 N–H and O–H groups in total. The number of halogens is 3. The number of carbonyl (C=O) groups excluding carboxylic acids is 1. The number of benzene rings is 1. The van der Waals surface area contributed by atoms with Gasteiger partial charge in [-0.1, -0.05) is 0 Å². The van der Waals surface area contributed by atoms with Crippen LogP contribution in [-0.4, -0.2) is 32.2 Å². The van der Waals surface area contributed by atoms with E-state index >= 15 is 0 Å². The maximum absolute atomic E-state index is 13.3. The minimum Gasteiger partial charge on any atom is -0.383 e. The van der Waals surface area contributed by atoms with Gasteiger partial charge >= 0.3 is 0 Å². The number of rotatable bonds is 6. The molecule has 0 aliphatic carbocycles. The van der Waals surface area contributed by atoms with Gasteiger partial charge in [-0.05, 0) is 6.42 Å². The predicted octanol–water partition coefficient (Wildman–Crippen LogP) is 1.20. The highest BCUT2D eigenvalue weighted by Gasteiger charge is 2.18. The first-order valence-corrected chi connectivity index (χ1v) is 5.63. The Bertz CT molecular complexity index is 432. The lowest BCUT2D eigenvalue weighted by Crippen LogP contribution is -2.33. The molecule has 1 unspecified atom stereocenters. The van der Waals surface area contributed by atoms with Crippen molar-refractivity contribution in [2.75, 3.05) is 20.3 Å². The molecule has 0 radical (unpaired) electrons. The molecular formula is C12H15F3N2O2. The Morgan fingerprint density at radius 3 is 2.47 bits per heavy atom. The summed E-state index contributed by atoms with van der Waals surface area (Å²) in [6, 6.07) is 0.622. The normalized spacial score (nSPS) is 12.3. The Hall–Kier alpha value is -1.60. The van der Waals surface area contributed by atoms with Crippen LogP contribution in [0.1, 0.15) is 16.8 Å². The summed E-state index contributed by atoms with van der Waals surface area (Å²) in [4.78, 5) is 11.6. The molecular weight excluding hydrogens is 261 g/mol. The molecule has 1 aromatic carbocycles. The van der Waals surface area contributed by atoms with E-state index in [2.05, 4.69) is 5.32 Å². The molecule has 0 saturated heterocycles. The molecule has 0 spiro atoms. The lowest BCUT2D eigenvalue weighted by atomic mass is 10.1. The van der Waals surface area contributed by atoms with E-state index in [0.29, 0.717) is 25.2 Å². The number of ether oxygens (including phenoxy) is 1. The summed E-state index contributed by atoms with van der Waals surface area (Å²) in [6.45, 7) is 0.453. The van der Waals surface area contributed by atoms with Crippen LogP contribution in [0.4, 0.5) is 13.2 Å². The fourth-order valence-corrected chi connectivity index (χ4v) is 1.52. The molecule has 0 heterocycles. The van der Waals surface area contributed by atoms with Gasteiger partial charge in [-0.25, -0.2) is 13.2 Å². The summed E-state index contributed by atoms with van der Waals surface area (Å²) in [6.07, 6.45) is 0.393. The lowest BCUT2D eigenvalue weighted by Gasteiger charge is -2.11. The summed E-state index contributed by atoms with van der Waals surface area (Å²) in [5.41, 5.74) is 4.81. The number of carbonyl (C=O) groups is 1. The van der Waals surface area contributed by atoms with E-state index in [1.807, 2.05) is 0 Å². The van der Waals surface area contributed by atoms with Crippen molar-refractivity contribution in [2.24, 2.45) is 5.73 Å². The molecule has 1 atom stereocenters. The highest BCUT2D eigenvalue weighted by molar-refractivity contribution is 5.94. The number of hydrogen-bond donors (Lipinski definition) is 2. The largest absolute Gasteiger partial charge is 0.383 e. The van der Waals surface area contributed by atoms with Crippen LogP contribution in [0.3, 0.4) is 0 Å². The van der Waals surface area contributed by atoms with Crippen LogP contribution < -0.4 is 11.1 Å². The van der Waals surface area contributed by atoms with Crippen LogP contribution in [0.25, 0.3) is 0 Å². The molecule has 0 aliphatic rings. The topological polar surface area (TPSA) is 64.3 Å². The maximum atomic E-state index is 13.3. The number of nitrogens with one attached hydrogen (secondary N) is 1. The van der Waals surface area contributed by atoms with Crippen molar-refractivity contribution < 1.29 is 22.7 Å². The highest BCUT2D eigenvalue weighted by atomic mass is 19.1. The molecule has 0 fully saturated rings. The predicted molar refractivity (Wildman–Crippen MR) is 63.1 cm³/mol. The molecule has 0 bridgehead atoms. The Morgan fingerprint density at radius 1 is 1.37 bits per heavy atom. The fourth-order valence-electron chi connectivity index (χ4n) is 1.52. The summed E-state index contributed by atoms with van der Waals surface area (Å²) < 4.78 is 44.0. The van der Waals surface area contributed by atoms with Crippen molar-refractivity contribution in [1.29, 1.82) is 0 Å². The molecule has 106 valence electrons. The van der Waals surface area contributed by atoms with Gasteiger partial charge < -0.3 is 15.8 Å². The summed E-state index contributed by atoms with van der Waals surface area (Å²) in [7, 11) is 1.49. The summed E-state index contributed by atoms with van der Waals surface area (Å²) >= 11 is 0. The average molecular weight is 276 g/mol. The van der Waals surface area contributed by atoms with E-state index in [9.17, 15) is 18.0 Å². The van der Waals surface area contributed by atoms with Crippen LogP contribution in [0.15, 0.2) is 12.1 Å². The fraction of sp³-hybridized carbons (Fsp3) is 0.417. The van der Waals surface area contributed by atoms with Crippen molar-refractivity contribution in [1.82, 2.24) is 5.32 Å². The van der Waals surface area contributed by atoms with Crippen LogP contribution in [0, 0.1) is 17.5 Å². The minimum absolute atomic E-state index is 0.139. The molecule has 0 saturated carbocycles. The SMILES string of the molecule is COCC(N)CCNC(=O)c1c(F)cc(F)cc1F. The highest BCUT2D eigenvalue weighted by Crippen LogP contribution is 2.14. The van der Waals surface area contributed by atoms with E-state index < -0.39 is 28.9 Å². The van der Waals surface area contributed by atoms with Gasteiger partial charge in [0.2, 0.25) is 0 Å².